The van der Waals surface area contributed by atoms with Gasteiger partial charge in [-0.25, -0.2) is 4.98 Å². The molecule has 0 saturated heterocycles. The highest BCUT2D eigenvalue weighted by Gasteiger charge is 2.05. The van der Waals surface area contributed by atoms with Gasteiger partial charge in [-0.15, -0.1) is 0 Å². The third-order valence-corrected chi connectivity index (χ3v) is 2.60. The molecule has 0 spiro atoms. The lowest BCUT2D eigenvalue weighted by Gasteiger charge is -2.11. The zero-order valence-electron chi connectivity index (χ0n) is 10.8. The lowest BCUT2D eigenvalue weighted by Crippen LogP contribution is -2.09. The minimum atomic E-state index is 0.193. The molecule has 2 N–H and O–H groups in total. The van der Waals surface area contributed by atoms with E-state index in [1.807, 2.05) is 44.3 Å². The molecule has 0 unspecified atom stereocenters. The van der Waals surface area contributed by atoms with E-state index in [2.05, 4.69) is 9.55 Å². The molecule has 0 aliphatic heterocycles. The summed E-state index contributed by atoms with van der Waals surface area (Å²) in [6.07, 6.45) is 3.85. The second-order valence-corrected chi connectivity index (χ2v) is 4.45. The van der Waals surface area contributed by atoms with Gasteiger partial charge in [-0.2, -0.15) is 0 Å². The van der Waals surface area contributed by atoms with Crippen LogP contribution < -0.4 is 10.5 Å². The molecule has 0 bridgehead atoms. The van der Waals surface area contributed by atoms with Crippen LogP contribution in [0.15, 0.2) is 36.8 Å². The van der Waals surface area contributed by atoms with Crippen LogP contribution in [0, 0.1) is 0 Å². The molecule has 4 heteroatoms. The Balaban J connectivity index is 2.20. The van der Waals surface area contributed by atoms with Gasteiger partial charge in [-0.05, 0) is 38.1 Å². The highest BCUT2D eigenvalue weighted by molar-refractivity contribution is 5.59. The van der Waals surface area contributed by atoms with E-state index < -0.39 is 0 Å². The van der Waals surface area contributed by atoms with E-state index in [0.29, 0.717) is 6.54 Å². The molecule has 1 aromatic carbocycles. The fourth-order valence-corrected chi connectivity index (χ4v) is 1.85. The Hall–Kier alpha value is -1.81. The maximum Gasteiger partial charge on any atom is 0.119 e. The second-order valence-electron chi connectivity index (χ2n) is 4.45. The fraction of sp³-hybridized carbons (Fsp3) is 0.357. The molecule has 96 valence electrons. The minimum absolute atomic E-state index is 0.193. The Labute approximate surface area is 107 Å². The Kier molecular flexibility index (Phi) is 3.99. The monoisotopic (exact) mass is 245 g/mol. The zero-order chi connectivity index (χ0) is 13.0. The molecule has 0 atom stereocenters. The Bertz CT molecular complexity index is 488. The summed E-state index contributed by atoms with van der Waals surface area (Å²) in [6, 6.07) is 8.05. The SMILES string of the molecule is CC(C)Oc1ccc(-c2cncn2CCN)cc1. The normalized spacial score (nSPS) is 10.9. The zero-order valence-corrected chi connectivity index (χ0v) is 10.8. The lowest BCUT2D eigenvalue weighted by molar-refractivity contribution is 0.242. The standard InChI is InChI=1S/C14H19N3O/c1-11(2)18-13-5-3-12(4-6-13)14-9-16-10-17(14)8-7-15/h3-6,9-11H,7-8,15H2,1-2H3. The van der Waals surface area contributed by atoms with Gasteiger partial charge in [0.1, 0.15) is 5.75 Å². The minimum Gasteiger partial charge on any atom is -0.491 e. The molecule has 0 saturated carbocycles. The van der Waals surface area contributed by atoms with E-state index in [9.17, 15) is 0 Å². The summed E-state index contributed by atoms with van der Waals surface area (Å²) in [5.41, 5.74) is 7.78. The predicted molar refractivity (Wildman–Crippen MR) is 72.5 cm³/mol. The van der Waals surface area contributed by atoms with Crippen molar-refractivity contribution in [3.63, 3.8) is 0 Å². The molecule has 0 fully saturated rings. The Morgan fingerprint density at radius 3 is 2.61 bits per heavy atom. The highest BCUT2D eigenvalue weighted by Crippen LogP contribution is 2.22. The molecule has 1 heterocycles. The number of hydrogen-bond acceptors (Lipinski definition) is 3. The highest BCUT2D eigenvalue weighted by atomic mass is 16.5. The van der Waals surface area contributed by atoms with Crippen molar-refractivity contribution in [1.82, 2.24) is 9.55 Å². The molecular formula is C14H19N3O. The number of aromatic nitrogens is 2. The molecule has 0 aliphatic carbocycles. The average molecular weight is 245 g/mol. The number of hydrogen-bond donors (Lipinski definition) is 1. The first-order valence-electron chi connectivity index (χ1n) is 6.18. The Morgan fingerprint density at radius 2 is 2.00 bits per heavy atom. The van der Waals surface area contributed by atoms with Gasteiger partial charge in [0.15, 0.2) is 0 Å². The molecule has 0 aliphatic rings. The quantitative estimate of drug-likeness (QED) is 0.879. The van der Waals surface area contributed by atoms with Gasteiger partial charge < -0.3 is 15.0 Å². The van der Waals surface area contributed by atoms with Crippen LogP contribution in [-0.2, 0) is 6.54 Å². The van der Waals surface area contributed by atoms with Gasteiger partial charge in [0.05, 0.1) is 24.3 Å². The molecular weight excluding hydrogens is 226 g/mol. The van der Waals surface area contributed by atoms with E-state index in [1.165, 1.54) is 0 Å². The van der Waals surface area contributed by atoms with Gasteiger partial charge in [-0.3, -0.25) is 0 Å². The van der Waals surface area contributed by atoms with Crippen molar-refractivity contribution >= 4 is 0 Å². The van der Waals surface area contributed by atoms with Gasteiger partial charge in [0, 0.05) is 18.7 Å². The largest absolute Gasteiger partial charge is 0.491 e. The van der Waals surface area contributed by atoms with Crippen LogP contribution >= 0.6 is 0 Å². The van der Waals surface area contributed by atoms with E-state index >= 15 is 0 Å². The lowest BCUT2D eigenvalue weighted by atomic mass is 10.1. The predicted octanol–water partition coefficient (Wildman–Crippen LogP) is 2.30. The molecule has 1 aromatic heterocycles. The van der Waals surface area contributed by atoms with Crippen LogP contribution in [0.5, 0.6) is 5.75 Å². The third kappa shape index (κ3) is 2.90. The first kappa shape index (κ1) is 12.6. The van der Waals surface area contributed by atoms with Crippen molar-refractivity contribution < 1.29 is 4.74 Å². The van der Waals surface area contributed by atoms with Gasteiger partial charge in [0.2, 0.25) is 0 Å². The molecule has 2 aromatic rings. The van der Waals surface area contributed by atoms with Crippen LogP contribution in [0.4, 0.5) is 0 Å². The van der Waals surface area contributed by atoms with E-state index in [4.69, 9.17) is 10.5 Å². The summed E-state index contributed by atoms with van der Waals surface area (Å²) in [5, 5.41) is 0. The first-order chi connectivity index (χ1) is 8.70. The van der Waals surface area contributed by atoms with Crippen molar-refractivity contribution in [3.8, 4) is 17.0 Å². The molecule has 4 nitrogen and oxygen atoms in total. The van der Waals surface area contributed by atoms with Crippen LogP contribution in [0.1, 0.15) is 13.8 Å². The summed E-state index contributed by atoms with van der Waals surface area (Å²) < 4.78 is 7.68. The van der Waals surface area contributed by atoms with Crippen LogP contribution in [0.3, 0.4) is 0 Å². The molecule has 0 amide bonds. The maximum atomic E-state index is 5.62. The number of benzene rings is 1. The smallest absolute Gasteiger partial charge is 0.119 e. The summed E-state index contributed by atoms with van der Waals surface area (Å²) >= 11 is 0. The number of nitrogens with zero attached hydrogens (tertiary/aromatic N) is 2. The maximum absolute atomic E-state index is 5.62. The van der Waals surface area contributed by atoms with E-state index in [1.54, 1.807) is 6.33 Å². The van der Waals surface area contributed by atoms with E-state index in [-0.39, 0.29) is 6.10 Å². The summed E-state index contributed by atoms with van der Waals surface area (Å²) in [6.45, 7) is 5.42. The molecule has 0 radical (unpaired) electrons. The Morgan fingerprint density at radius 1 is 1.28 bits per heavy atom. The summed E-state index contributed by atoms with van der Waals surface area (Å²) in [7, 11) is 0. The van der Waals surface area contributed by atoms with Crippen molar-refractivity contribution in [1.29, 1.82) is 0 Å². The van der Waals surface area contributed by atoms with Crippen molar-refractivity contribution in [2.75, 3.05) is 6.54 Å². The summed E-state index contributed by atoms with van der Waals surface area (Å²) in [4.78, 5) is 4.16. The number of imidazole rings is 1. The van der Waals surface area contributed by atoms with Gasteiger partial charge >= 0.3 is 0 Å². The topological polar surface area (TPSA) is 53.1 Å². The summed E-state index contributed by atoms with van der Waals surface area (Å²) in [5.74, 6) is 0.888. The molecule has 18 heavy (non-hydrogen) atoms. The first-order valence-corrected chi connectivity index (χ1v) is 6.18. The van der Waals surface area contributed by atoms with Crippen LogP contribution in [0.25, 0.3) is 11.3 Å². The number of rotatable bonds is 5. The van der Waals surface area contributed by atoms with E-state index in [0.717, 1.165) is 23.6 Å². The fourth-order valence-electron chi connectivity index (χ4n) is 1.85. The number of nitrogens with two attached hydrogens (primary N) is 1. The van der Waals surface area contributed by atoms with Crippen molar-refractivity contribution in [3.05, 3.63) is 36.8 Å². The third-order valence-electron chi connectivity index (χ3n) is 2.60. The second kappa shape index (κ2) is 5.69. The van der Waals surface area contributed by atoms with Gasteiger partial charge in [0.25, 0.3) is 0 Å². The van der Waals surface area contributed by atoms with Gasteiger partial charge in [-0.1, -0.05) is 0 Å². The van der Waals surface area contributed by atoms with Crippen LogP contribution in [0.2, 0.25) is 0 Å². The number of ether oxygens (including phenoxy) is 1. The molecule has 2 rings (SSSR count). The van der Waals surface area contributed by atoms with Crippen molar-refractivity contribution in [2.24, 2.45) is 5.73 Å². The van der Waals surface area contributed by atoms with Crippen molar-refractivity contribution in [2.45, 2.75) is 26.5 Å². The average Bonchev–Trinajstić information content (AvgIpc) is 2.78. The van der Waals surface area contributed by atoms with Crippen LogP contribution in [-0.4, -0.2) is 22.2 Å².